The molecule has 1 aromatic carbocycles. The van der Waals surface area contributed by atoms with Crippen LogP contribution in [0.5, 0.6) is 0 Å². The topological polar surface area (TPSA) is 32.3 Å². The van der Waals surface area contributed by atoms with Crippen molar-refractivity contribution in [3.05, 3.63) is 33.8 Å². The van der Waals surface area contributed by atoms with Crippen molar-refractivity contribution in [1.82, 2.24) is 5.32 Å². The van der Waals surface area contributed by atoms with E-state index in [0.717, 1.165) is 12.0 Å². The molecule has 0 amide bonds. The van der Waals surface area contributed by atoms with E-state index in [0.29, 0.717) is 10.0 Å². The molecule has 0 aliphatic rings. The number of nitrogens with one attached hydrogen (secondary N) is 1. The van der Waals surface area contributed by atoms with Crippen LogP contribution in [0.3, 0.4) is 0 Å². The average Bonchev–Trinajstić information content (AvgIpc) is 2.29. The van der Waals surface area contributed by atoms with Crippen LogP contribution >= 0.6 is 23.2 Å². The van der Waals surface area contributed by atoms with E-state index in [4.69, 9.17) is 28.3 Å². The Bertz CT molecular complexity index is 344. The molecule has 16 heavy (non-hydrogen) atoms. The monoisotopic (exact) mass is 261 g/mol. The van der Waals surface area contributed by atoms with Gasteiger partial charge in [0.2, 0.25) is 0 Å². The summed E-state index contributed by atoms with van der Waals surface area (Å²) < 4.78 is 0. The van der Waals surface area contributed by atoms with Crippen LogP contribution in [0, 0.1) is 0 Å². The van der Waals surface area contributed by atoms with E-state index in [1.807, 2.05) is 19.1 Å². The molecule has 0 radical (unpaired) electrons. The van der Waals surface area contributed by atoms with Crippen LogP contribution in [-0.2, 0) is 0 Å². The molecule has 2 atom stereocenters. The molecule has 4 heteroatoms. The van der Waals surface area contributed by atoms with Gasteiger partial charge in [0.05, 0.1) is 16.7 Å². The van der Waals surface area contributed by atoms with Gasteiger partial charge < -0.3 is 10.4 Å². The molecule has 0 bridgehead atoms. The number of aliphatic hydroxyl groups excluding tert-OH is 1. The summed E-state index contributed by atoms with van der Waals surface area (Å²) >= 11 is 11.8. The predicted molar refractivity (Wildman–Crippen MR) is 69.2 cm³/mol. The number of halogens is 2. The second kappa shape index (κ2) is 6.45. The van der Waals surface area contributed by atoms with Crippen molar-refractivity contribution in [1.29, 1.82) is 0 Å². The van der Waals surface area contributed by atoms with Gasteiger partial charge in [0.15, 0.2) is 0 Å². The molecule has 0 aliphatic heterocycles. The zero-order chi connectivity index (χ0) is 12.1. The van der Waals surface area contributed by atoms with Crippen molar-refractivity contribution in [2.75, 3.05) is 6.61 Å². The Kier molecular flexibility index (Phi) is 5.56. The first-order valence-corrected chi connectivity index (χ1v) is 6.16. The van der Waals surface area contributed by atoms with E-state index in [2.05, 4.69) is 12.2 Å². The standard InChI is InChI=1S/C12H17Cl2NO/c1-3-12(15-8(2)7-16)9-4-5-10(13)11(14)6-9/h4-6,8,12,15-16H,3,7H2,1-2H3/t8-,12?/m0/s1. The maximum absolute atomic E-state index is 9.02. The highest BCUT2D eigenvalue weighted by Crippen LogP contribution is 2.27. The van der Waals surface area contributed by atoms with Gasteiger partial charge in [-0.3, -0.25) is 0 Å². The van der Waals surface area contributed by atoms with Gasteiger partial charge in [-0.15, -0.1) is 0 Å². The minimum Gasteiger partial charge on any atom is -0.395 e. The van der Waals surface area contributed by atoms with Crippen LogP contribution in [-0.4, -0.2) is 17.8 Å². The van der Waals surface area contributed by atoms with Gasteiger partial charge in [0, 0.05) is 12.1 Å². The first kappa shape index (κ1) is 13.8. The number of hydrogen-bond acceptors (Lipinski definition) is 2. The second-order valence-electron chi connectivity index (χ2n) is 3.88. The molecule has 0 spiro atoms. The molecule has 1 aromatic rings. The van der Waals surface area contributed by atoms with E-state index in [1.54, 1.807) is 6.07 Å². The lowest BCUT2D eigenvalue weighted by molar-refractivity contribution is 0.239. The minimum atomic E-state index is 0.0689. The predicted octanol–water partition coefficient (Wildman–Crippen LogP) is 3.41. The van der Waals surface area contributed by atoms with Crippen molar-refractivity contribution in [2.24, 2.45) is 0 Å². The Morgan fingerprint density at radius 1 is 1.31 bits per heavy atom. The van der Waals surface area contributed by atoms with E-state index in [1.165, 1.54) is 0 Å². The van der Waals surface area contributed by atoms with Crippen LogP contribution in [0.15, 0.2) is 18.2 Å². The summed E-state index contributed by atoms with van der Waals surface area (Å²) in [4.78, 5) is 0. The fourth-order valence-electron chi connectivity index (χ4n) is 1.58. The van der Waals surface area contributed by atoms with Crippen LogP contribution in [0.4, 0.5) is 0 Å². The summed E-state index contributed by atoms with van der Waals surface area (Å²) in [5.74, 6) is 0. The zero-order valence-electron chi connectivity index (χ0n) is 9.50. The third-order valence-electron chi connectivity index (χ3n) is 2.51. The zero-order valence-corrected chi connectivity index (χ0v) is 11.0. The minimum absolute atomic E-state index is 0.0689. The SMILES string of the molecule is CCC(N[C@@H](C)CO)c1ccc(Cl)c(Cl)c1. The number of rotatable bonds is 5. The van der Waals surface area contributed by atoms with E-state index in [9.17, 15) is 0 Å². The molecule has 0 saturated heterocycles. The van der Waals surface area contributed by atoms with E-state index in [-0.39, 0.29) is 18.7 Å². The highest BCUT2D eigenvalue weighted by molar-refractivity contribution is 6.42. The molecule has 1 rings (SSSR count). The van der Waals surface area contributed by atoms with Crippen LogP contribution in [0.1, 0.15) is 31.9 Å². The van der Waals surface area contributed by atoms with E-state index < -0.39 is 0 Å². The molecule has 2 N–H and O–H groups in total. The van der Waals surface area contributed by atoms with Crippen molar-refractivity contribution < 1.29 is 5.11 Å². The molecular formula is C12H17Cl2NO. The highest BCUT2D eigenvalue weighted by Gasteiger charge is 2.12. The molecule has 0 fully saturated rings. The van der Waals surface area contributed by atoms with Crippen LogP contribution < -0.4 is 5.32 Å². The lowest BCUT2D eigenvalue weighted by atomic mass is 10.0. The molecule has 90 valence electrons. The van der Waals surface area contributed by atoms with Gasteiger partial charge in [-0.25, -0.2) is 0 Å². The molecule has 1 unspecified atom stereocenters. The lowest BCUT2D eigenvalue weighted by Gasteiger charge is -2.21. The van der Waals surface area contributed by atoms with E-state index >= 15 is 0 Å². The summed E-state index contributed by atoms with van der Waals surface area (Å²) in [6.07, 6.45) is 0.933. The smallest absolute Gasteiger partial charge is 0.0595 e. The molecule has 2 nitrogen and oxygen atoms in total. The summed E-state index contributed by atoms with van der Waals surface area (Å²) in [6, 6.07) is 5.89. The molecule has 0 saturated carbocycles. The van der Waals surface area contributed by atoms with Gasteiger partial charge >= 0.3 is 0 Å². The quantitative estimate of drug-likeness (QED) is 0.852. The molecule has 0 aromatic heterocycles. The van der Waals surface area contributed by atoms with Gasteiger partial charge in [-0.1, -0.05) is 36.2 Å². The number of aliphatic hydroxyl groups is 1. The Morgan fingerprint density at radius 3 is 2.50 bits per heavy atom. The average molecular weight is 262 g/mol. The van der Waals surface area contributed by atoms with Gasteiger partial charge in [-0.2, -0.15) is 0 Å². The van der Waals surface area contributed by atoms with Crippen LogP contribution in [0.2, 0.25) is 10.0 Å². The first-order valence-electron chi connectivity index (χ1n) is 5.40. The third kappa shape index (κ3) is 3.63. The number of hydrogen-bond donors (Lipinski definition) is 2. The van der Waals surface area contributed by atoms with Gasteiger partial charge in [0.1, 0.15) is 0 Å². The summed E-state index contributed by atoms with van der Waals surface area (Å²) in [5, 5.41) is 13.5. The molecule has 0 aliphatic carbocycles. The Balaban J connectivity index is 2.82. The van der Waals surface area contributed by atoms with Crippen molar-refractivity contribution in [3.63, 3.8) is 0 Å². The van der Waals surface area contributed by atoms with Gasteiger partial charge in [0.25, 0.3) is 0 Å². The van der Waals surface area contributed by atoms with Crippen molar-refractivity contribution in [3.8, 4) is 0 Å². The summed E-state index contributed by atoms with van der Waals surface area (Å²) in [6.45, 7) is 4.16. The number of benzene rings is 1. The van der Waals surface area contributed by atoms with Crippen molar-refractivity contribution in [2.45, 2.75) is 32.4 Å². The Morgan fingerprint density at radius 2 is 2.00 bits per heavy atom. The fourth-order valence-corrected chi connectivity index (χ4v) is 1.88. The summed E-state index contributed by atoms with van der Waals surface area (Å²) in [5.41, 5.74) is 1.09. The maximum Gasteiger partial charge on any atom is 0.0595 e. The lowest BCUT2D eigenvalue weighted by Crippen LogP contribution is -2.32. The Hall–Kier alpha value is -0.280. The highest BCUT2D eigenvalue weighted by atomic mass is 35.5. The molecular weight excluding hydrogens is 245 g/mol. The first-order chi connectivity index (χ1) is 7.58. The van der Waals surface area contributed by atoms with Gasteiger partial charge in [-0.05, 0) is 31.0 Å². The normalized spacial score (nSPS) is 14.8. The molecule has 0 heterocycles. The second-order valence-corrected chi connectivity index (χ2v) is 4.70. The van der Waals surface area contributed by atoms with Crippen molar-refractivity contribution >= 4 is 23.2 Å². The largest absolute Gasteiger partial charge is 0.395 e. The maximum atomic E-state index is 9.02. The third-order valence-corrected chi connectivity index (χ3v) is 3.25. The summed E-state index contributed by atoms with van der Waals surface area (Å²) in [7, 11) is 0. The fraction of sp³-hybridized carbons (Fsp3) is 0.500. The Labute approximate surface area is 107 Å². The van der Waals surface area contributed by atoms with Crippen LogP contribution in [0.25, 0.3) is 0 Å².